The van der Waals surface area contributed by atoms with Gasteiger partial charge in [-0.1, -0.05) is 13.2 Å². The molecule has 1 N–H and O–H groups in total. The Morgan fingerprint density at radius 1 is 1.47 bits per heavy atom. The maximum absolute atomic E-state index is 10.2. The molecule has 0 aromatic heterocycles. The molecule has 0 aliphatic carbocycles. The van der Waals surface area contributed by atoms with Gasteiger partial charge in [0.05, 0.1) is 19.8 Å². The number of methoxy groups -OCH3 is 1. The molecular weight excluding hydrogens is 224 g/mol. The number of hydrogen-bond donors (Lipinski definition) is 1. The molecule has 1 atom stereocenters. The fourth-order valence-electron chi connectivity index (χ4n) is 0.851. The summed E-state index contributed by atoms with van der Waals surface area (Å²) in [6, 6.07) is 0. The van der Waals surface area contributed by atoms with E-state index in [0.717, 1.165) is 13.0 Å². The van der Waals surface area contributed by atoms with E-state index in [4.69, 9.17) is 9.84 Å². The molecule has 5 heteroatoms. The van der Waals surface area contributed by atoms with Gasteiger partial charge in [0.1, 0.15) is 0 Å². The van der Waals surface area contributed by atoms with Crippen LogP contribution in [0.5, 0.6) is 0 Å². The van der Waals surface area contributed by atoms with Crippen molar-refractivity contribution >= 4 is 11.9 Å². The summed E-state index contributed by atoms with van der Waals surface area (Å²) >= 11 is 0. The van der Waals surface area contributed by atoms with Gasteiger partial charge >= 0.3 is 11.9 Å². The zero-order valence-corrected chi connectivity index (χ0v) is 10.2. The summed E-state index contributed by atoms with van der Waals surface area (Å²) < 4.78 is 9.18. The highest BCUT2D eigenvalue weighted by molar-refractivity contribution is 5.86. The van der Waals surface area contributed by atoms with Gasteiger partial charge in [0.2, 0.25) is 0 Å². The van der Waals surface area contributed by atoms with Crippen LogP contribution in [0.3, 0.4) is 0 Å². The van der Waals surface area contributed by atoms with Crippen LogP contribution in [0.1, 0.15) is 19.8 Å². The molecule has 1 heterocycles. The van der Waals surface area contributed by atoms with Gasteiger partial charge in [-0.3, -0.25) is 0 Å². The summed E-state index contributed by atoms with van der Waals surface area (Å²) in [6.45, 7) is 9.14. The van der Waals surface area contributed by atoms with E-state index in [2.05, 4.69) is 17.9 Å². The molecule has 17 heavy (non-hydrogen) atoms. The minimum absolute atomic E-state index is 0.274. The summed E-state index contributed by atoms with van der Waals surface area (Å²) in [5.41, 5.74) is 0.706. The molecule has 0 aromatic carbocycles. The van der Waals surface area contributed by atoms with Gasteiger partial charge in [-0.25, -0.2) is 9.59 Å². The Morgan fingerprint density at radius 2 is 2.00 bits per heavy atom. The average molecular weight is 242 g/mol. The van der Waals surface area contributed by atoms with Crippen LogP contribution in [-0.2, 0) is 19.1 Å². The van der Waals surface area contributed by atoms with Crippen LogP contribution in [0.4, 0.5) is 0 Å². The molecule has 5 nitrogen and oxygen atoms in total. The number of aliphatic carboxylic acids is 1. The van der Waals surface area contributed by atoms with Crippen LogP contribution in [0.25, 0.3) is 0 Å². The van der Waals surface area contributed by atoms with Crippen molar-refractivity contribution in [3.8, 4) is 0 Å². The van der Waals surface area contributed by atoms with Crippen LogP contribution < -0.4 is 0 Å². The topological polar surface area (TPSA) is 76.1 Å². The Balaban J connectivity index is 0.000000325. The lowest BCUT2D eigenvalue weighted by Crippen LogP contribution is -1.99. The average Bonchev–Trinajstić information content (AvgIpc) is 3.09. The maximum Gasteiger partial charge on any atom is 0.332 e. The Kier molecular flexibility index (Phi) is 6.89. The number of rotatable bonds is 5. The maximum atomic E-state index is 10.2. The highest BCUT2D eigenvalue weighted by Crippen LogP contribution is 2.17. The van der Waals surface area contributed by atoms with E-state index in [-0.39, 0.29) is 11.5 Å². The van der Waals surface area contributed by atoms with Gasteiger partial charge in [-0.05, 0) is 19.8 Å². The van der Waals surface area contributed by atoms with Gasteiger partial charge in [-0.2, -0.15) is 0 Å². The van der Waals surface area contributed by atoms with Gasteiger partial charge in [0.25, 0.3) is 0 Å². The van der Waals surface area contributed by atoms with Crippen molar-refractivity contribution < 1.29 is 24.2 Å². The lowest BCUT2D eigenvalue weighted by atomic mass is 10.1. The lowest BCUT2D eigenvalue weighted by Gasteiger charge is -1.95. The Morgan fingerprint density at radius 3 is 2.24 bits per heavy atom. The number of ether oxygens (including phenoxy) is 2. The molecule has 1 unspecified atom stereocenters. The summed E-state index contributed by atoms with van der Waals surface area (Å²) in [5.74, 6) is -1.25. The smallest absolute Gasteiger partial charge is 0.332 e. The molecule has 1 aliphatic heterocycles. The molecule has 96 valence electrons. The van der Waals surface area contributed by atoms with Crippen LogP contribution in [0, 0.1) is 0 Å². The summed E-state index contributed by atoms with van der Waals surface area (Å²) in [6.07, 6.45) is 1.64. The number of hydrogen-bond acceptors (Lipinski definition) is 4. The van der Waals surface area contributed by atoms with Crippen LogP contribution in [0.2, 0.25) is 0 Å². The number of carbonyl (C=O) groups excluding carboxylic acids is 1. The highest BCUT2D eigenvalue weighted by atomic mass is 16.6. The van der Waals surface area contributed by atoms with E-state index in [1.165, 1.54) is 7.11 Å². The second kappa shape index (κ2) is 7.62. The predicted octanol–water partition coefficient (Wildman–Crippen LogP) is 1.54. The van der Waals surface area contributed by atoms with Gasteiger partial charge < -0.3 is 14.6 Å². The molecule has 1 aliphatic rings. The number of epoxide rings is 1. The zero-order chi connectivity index (χ0) is 13.4. The quantitative estimate of drug-likeness (QED) is 0.449. The SMILES string of the molecule is C=C(C)C(=O)OC.C=C(CCC1CO1)C(=O)O. The molecule has 0 bridgehead atoms. The first-order valence-electron chi connectivity index (χ1n) is 5.15. The normalized spacial score (nSPS) is 16.2. The number of carboxylic acid groups (broad SMARTS) is 1. The fourth-order valence-corrected chi connectivity index (χ4v) is 0.851. The van der Waals surface area contributed by atoms with Crippen molar-refractivity contribution in [2.75, 3.05) is 13.7 Å². The molecular formula is C12H18O5. The molecule has 0 amide bonds. The van der Waals surface area contributed by atoms with Crippen molar-refractivity contribution in [1.29, 1.82) is 0 Å². The third kappa shape index (κ3) is 8.21. The van der Waals surface area contributed by atoms with E-state index in [0.29, 0.717) is 18.1 Å². The van der Waals surface area contributed by atoms with E-state index in [1.54, 1.807) is 6.92 Å². The zero-order valence-electron chi connectivity index (χ0n) is 10.2. The van der Waals surface area contributed by atoms with Gasteiger partial charge in [0, 0.05) is 11.1 Å². The van der Waals surface area contributed by atoms with Gasteiger partial charge in [0.15, 0.2) is 0 Å². The van der Waals surface area contributed by atoms with Crippen molar-refractivity contribution in [3.05, 3.63) is 24.3 Å². The fraction of sp³-hybridized carbons (Fsp3) is 0.500. The van der Waals surface area contributed by atoms with Crippen LogP contribution in [0.15, 0.2) is 24.3 Å². The summed E-state index contributed by atoms with van der Waals surface area (Å²) in [4.78, 5) is 20.4. The minimum atomic E-state index is -0.902. The molecule has 1 rings (SSSR count). The molecule has 0 spiro atoms. The summed E-state index contributed by atoms with van der Waals surface area (Å²) in [5, 5.41) is 8.37. The van der Waals surface area contributed by atoms with E-state index < -0.39 is 5.97 Å². The molecule has 0 saturated carbocycles. The van der Waals surface area contributed by atoms with E-state index in [1.807, 2.05) is 0 Å². The van der Waals surface area contributed by atoms with Crippen molar-refractivity contribution in [2.24, 2.45) is 0 Å². The third-order valence-electron chi connectivity index (χ3n) is 2.01. The van der Waals surface area contributed by atoms with Crippen LogP contribution in [-0.4, -0.2) is 36.9 Å². The molecule has 0 aromatic rings. The number of carbonyl (C=O) groups is 2. The van der Waals surface area contributed by atoms with Crippen molar-refractivity contribution in [2.45, 2.75) is 25.9 Å². The second-order valence-electron chi connectivity index (χ2n) is 3.67. The van der Waals surface area contributed by atoms with Crippen LogP contribution >= 0.6 is 0 Å². The summed E-state index contributed by atoms with van der Waals surface area (Å²) in [7, 11) is 1.33. The minimum Gasteiger partial charge on any atom is -0.478 e. The largest absolute Gasteiger partial charge is 0.478 e. The molecule has 1 saturated heterocycles. The first-order chi connectivity index (χ1) is 7.88. The number of carboxylic acids is 1. The Hall–Kier alpha value is -1.62. The molecule has 1 fully saturated rings. The monoisotopic (exact) mass is 242 g/mol. The third-order valence-corrected chi connectivity index (χ3v) is 2.01. The van der Waals surface area contributed by atoms with E-state index in [9.17, 15) is 9.59 Å². The standard InChI is InChI=1S/C7H10O3.C5H8O2/c1-5(7(8)9)2-3-6-4-10-6;1-4(2)5(6)7-3/h6H,1-4H2,(H,8,9);1H2,2-3H3. The molecule has 0 radical (unpaired) electrons. The highest BCUT2D eigenvalue weighted by Gasteiger charge is 2.22. The second-order valence-corrected chi connectivity index (χ2v) is 3.67. The first-order valence-corrected chi connectivity index (χ1v) is 5.15. The Labute approximate surface area is 101 Å². The van der Waals surface area contributed by atoms with Gasteiger partial charge in [-0.15, -0.1) is 0 Å². The Bertz CT molecular complexity index is 315. The van der Waals surface area contributed by atoms with Crippen molar-refractivity contribution in [3.63, 3.8) is 0 Å². The van der Waals surface area contributed by atoms with Crippen molar-refractivity contribution in [1.82, 2.24) is 0 Å². The van der Waals surface area contributed by atoms with E-state index >= 15 is 0 Å². The number of esters is 1. The predicted molar refractivity (Wildman–Crippen MR) is 62.6 cm³/mol. The first kappa shape index (κ1) is 15.4. The lowest BCUT2D eigenvalue weighted by molar-refractivity contribution is -0.136.